The average Bonchev–Trinajstić information content (AvgIpc) is 3.27. The van der Waals surface area contributed by atoms with Gasteiger partial charge in [0, 0.05) is 5.56 Å². The zero-order chi connectivity index (χ0) is 24.7. The van der Waals surface area contributed by atoms with Crippen LogP contribution < -0.4 is 9.73 Å². The van der Waals surface area contributed by atoms with Crippen molar-refractivity contribution in [1.82, 2.24) is 5.43 Å². The number of sulfonamides is 1. The van der Waals surface area contributed by atoms with Crippen molar-refractivity contribution in [2.45, 2.75) is 13.8 Å². The molecule has 1 heterocycles. The van der Waals surface area contributed by atoms with E-state index in [-0.39, 0.29) is 0 Å². The minimum atomic E-state index is -3.67. The molecule has 9 nitrogen and oxygen atoms in total. The highest BCUT2D eigenvalue weighted by Crippen LogP contribution is 2.22. The predicted octanol–water partition coefficient (Wildman–Crippen LogP) is 3.35. The van der Waals surface area contributed by atoms with Crippen LogP contribution in [0.15, 0.2) is 70.2 Å². The maximum Gasteiger partial charge on any atom is 0.338 e. The Hall–Kier alpha value is -3.92. The van der Waals surface area contributed by atoms with E-state index in [1.807, 2.05) is 6.92 Å². The van der Waals surface area contributed by atoms with Gasteiger partial charge in [-0.15, -0.1) is 0 Å². The first kappa shape index (κ1) is 24.7. The van der Waals surface area contributed by atoms with Gasteiger partial charge in [0.05, 0.1) is 30.3 Å². The molecule has 0 aliphatic heterocycles. The quantitative estimate of drug-likeness (QED) is 0.283. The molecule has 0 aliphatic rings. The van der Waals surface area contributed by atoms with E-state index in [4.69, 9.17) is 9.15 Å². The Morgan fingerprint density at radius 3 is 2.35 bits per heavy atom. The number of hydrazone groups is 1. The van der Waals surface area contributed by atoms with Gasteiger partial charge in [0.1, 0.15) is 18.1 Å². The van der Waals surface area contributed by atoms with Gasteiger partial charge < -0.3 is 9.15 Å². The number of carbonyl (C=O) groups is 2. The van der Waals surface area contributed by atoms with Crippen LogP contribution in [0.1, 0.15) is 28.6 Å². The molecule has 1 N–H and O–H groups in total. The number of carbonyl (C=O) groups excluding carboxylic acids is 2. The molecule has 3 aromatic rings. The van der Waals surface area contributed by atoms with Crippen LogP contribution in [0.5, 0.6) is 0 Å². The molecule has 1 amide bonds. The van der Waals surface area contributed by atoms with E-state index in [1.54, 1.807) is 67.6 Å². The molecule has 0 spiro atoms. The Morgan fingerprint density at radius 1 is 1.06 bits per heavy atom. The number of aryl methyl sites for hydroxylation is 1. The molecule has 0 saturated heterocycles. The third kappa shape index (κ3) is 6.55. The van der Waals surface area contributed by atoms with E-state index < -0.39 is 28.4 Å². The van der Waals surface area contributed by atoms with Crippen LogP contribution >= 0.6 is 0 Å². The zero-order valence-electron chi connectivity index (χ0n) is 19.0. The largest absolute Gasteiger partial charge is 0.462 e. The van der Waals surface area contributed by atoms with Crippen molar-refractivity contribution in [3.8, 4) is 11.3 Å². The summed E-state index contributed by atoms with van der Waals surface area (Å²) in [5, 5.41) is 3.85. The summed E-state index contributed by atoms with van der Waals surface area (Å²) < 4.78 is 35.9. The first-order chi connectivity index (χ1) is 16.2. The molecule has 34 heavy (non-hydrogen) atoms. The second-order valence-corrected chi connectivity index (χ2v) is 9.31. The summed E-state index contributed by atoms with van der Waals surface area (Å²) in [6.45, 7) is 3.51. The first-order valence-electron chi connectivity index (χ1n) is 10.4. The fourth-order valence-corrected chi connectivity index (χ4v) is 3.86. The van der Waals surface area contributed by atoms with Crippen molar-refractivity contribution in [2.24, 2.45) is 5.10 Å². The number of furan rings is 1. The molecule has 1 aromatic heterocycles. The van der Waals surface area contributed by atoms with Gasteiger partial charge in [-0.2, -0.15) is 5.10 Å². The van der Waals surface area contributed by atoms with Gasteiger partial charge in [-0.05, 0) is 50.2 Å². The predicted molar refractivity (Wildman–Crippen MR) is 129 cm³/mol. The number of rotatable bonds is 9. The fourth-order valence-electron chi connectivity index (χ4n) is 3.01. The Bertz CT molecular complexity index is 1280. The second-order valence-electron chi connectivity index (χ2n) is 7.40. The van der Waals surface area contributed by atoms with Crippen LogP contribution in [0.3, 0.4) is 0 Å². The van der Waals surface area contributed by atoms with Gasteiger partial charge in [-0.25, -0.2) is 18.6 Å². The number of hydrogen-bond acceptors (Lipinski definition) is 7. The van der Waals surface area contributed by atoms with Crippen LogP contribution in [0, 0.1) is 6.92 Å². The number of amides is 1. The van der Waals surface area contributed by atoms with Crippen molar-refractivity contribution in [1.29, 1.82) is 0 Å². The lowest BCUT2D eigenvalue weighted by molar-refractivity contribution is -0.119. The van der Waals surface area contributed by atoms with Crippen LogP contribution in [0.4, 0.5) is 5.69 Å². The molecule has 2 aromatic carbocycles. The summed E-state index contributed by atoms with van der Waals surface area (Å²) in [5.41, 5.74) is 4.86. The Labute approximate surface area is 198 Å². The van der Waals surface area contributed by atoms with Crippen molar-refractivity contribution < 1.29 is 27.2 Å². The lowest BCUT2D eigenvalue weighted by Crippen LogP contribution is -2.39. The van der Waals surface area contributed by atoms with E-state index in [9.17, 15) is 18.0 Å². The number of esters is 1. The molecular weight excluding hydrogens is 458 g/mol. The molecule has 0 atom stereocenters. The zero-order valence-corrected chi connectivity index (χ0v) is 19.8. The summed E-state index contributed by atoms with van der Waals surface area (Å²) in [5.74, 6) is -0.0773. The lowest BCUT2D eigenvalue weighted by Gasteiger charge is -2.21. The van der Waals surface area contributed by atoms with E-state index >= 15 is 0 Å². The molecule has 178 valence electrons. The minimum Gasteiger partial charge on any atom is -0.462 e. The highest BCUT2D eigenvalue weighted by atomic mass is 32.2. The van der Waals surface area contributed by atoms with E-state index in [1.165, 1.54) is 6.21 Å². The molecule has 0 saturated carbocycles. The van der Waals surface area contributed by atoms with Gasteiger partial charge in [-0.1, -0.05) is 29.8 Å². The summed E-state index contributed by atoms with van der Waals surface area (Å²) in [6.07, 6.45) is 2.35. The van der Waals surface area contributed by atoms with Gasteiger partial charge in [0.15, 0.2) is 0 Å². The molecule has 0 unspecified atom stereocenters. The number of anilines is 1. The highest BCUT2D eigenvalue weighted by Gasteiger charge is 2.20. The van der Waals surface area contributed by atoms with Gasteiger partial charge in [0.25, 0.3) is 5.91 Å². The Balaban J connectivity index is 1.61. The van der Waals surface area contributed by atoms with Crippen LogP contribution in [0.25, 0.3) is 11.3 Å². The molecule has 0 fully saturated rings. The number of benzene rings is 2. The summed E-state index contributed by atoms with van der Waals surface area (Å²) in [4.78, 5) is 24.0. The molecule has 3 rings (SSSR count). The third-order valence-corrected chi connectivity index (χ3v) is 5.84. The maximum atomic E-state index is 12.3. The highest BCUT2D eigenvalue weighted by molar-refractivity contribution is 7.92. The van der Waals surface area contributed by atoms with Crippen LogP contribution in [-0.4, -0.2) is 45.9 Å². The molecule has 0 bridgehead atoms. The number of hydrogen-bond donors (Lipinski definition) is 1. The van der Waals surface area contributed by atoms with Crippen molar-refractivity contribution in [3.63, 3.8) is 0 Å². The summed E-state index contributed by atoms with van der Waals surface area (Å²) in [7, 11) is -3.67. The van der Waals surface area contributed by atoms with Crippen molar-refractivity contribution in [2.75, 3.05) is 23.7 Å². The standard InChI is InChI=1S/C24H25N3O6S/c1-4-32-24(29)19-9-7-18(8-10-19)22-14-13-21(33-22)15-25-26-23(28)16-27(34(3,30)31)20-11-5-17(2)6-12-20/h5-15H,4,16H2,1-3H3,(H,26,28)/b25-15-. The fraction of sp³-hybridized carbons (Fsp3) is 0.208. The number of ether oxygens (including phenoxy) is 1. The normalized spacial score (nSPS) is 11.4. The average molecular weight is 484 g/mol. The SMILES string of the molecule is CCOC(=O)c1ccc(-c2ccc(/C=N\NC(=O)CN(c3ccc(C)cc3)S(C)(=O)=O)o2)cc1. The van der Waals surface area contributed by atoms with Crippen LogP contribution in [0.2, 0.25) is 0 Å². The topological polar surface area (TPSA) is 118 Å². The molecule has 0 aliphatic carbocycles. The van der Waals surface area contributed by atoms with Gasteiger partial charge in [-0.3, -0.25) is 9.10 Å². The van der Waals surface area contributed by atoms with Gasteiger partial charge >= 0.3 is 5.97 Å². The van der Waals surface area contributed by atoms with Crippen molar-refractivity contribution in [3.05, 3.63) is 77.6 Å². The second kappa shape index (κ2) is 10.8. The molecule has 0 radical (unpaired) electrons. The Morgan fingerprint density at radius 2 is 1.74 bits per heavy atom. The van der Waals surface area contributed by atoms with E-state index in [0.717, 1.165) is 21.7 Å². The smallest absolute Gasteiger partial charge is 0.338 e. The maximum absolute atomic E-state index is 12.3. The third-order valence-electron chi connectivity index (χ3n) is 4.70. The van der Waals surface area contributed by atoms with E-state index in [2.05, 4.69) is 10.5 Å². The molecule has 10 heteroatoms. The van der Waals surface area contributed by atoms with Crippen molar-refractivity contribution >= 4 is 33.8 Å². The molecular formula is C24H25N3O6S. The summed E-state index contributed by atoms with van der Waals surface area (Å²) in [6, 6.07) is 17.0. The van der Waals surface area contributed by atoms with Crippen LogP contribution in [-0.2, 0) is 19.6 Å². The minimum absolute atomic E-state index is 0.302. The van der Waals surface area contributed by atoms with Gasteiger partial charge in [0.2, 0.25) is 10.0 Å². The number of nitrogens with zero attached hydrogens (tertiary/aromatic N) is 2. The monoisotopic (exact) mass is 483 g/mol. The first-order valence-corrected chi connectivity index (χ1v) is 12.3. The van der Waals surface area contributed by atoms with E-state index in [0.29, 0.717) is 29.4 Å². The number of nitrogens with one attached hydrogen (secondary N) is 1. The Kier molecular flexibility index (Phi) is 7.85. The summed E-state index contributed by atoms with van der Waals surface area (Å²) >= 11 is 0. The lowest BCUT2D eigenvalue weighted by atomic mass is 10.1.